The van der Waals surface area contributed by atoms with Gasteiger partial charge in [-0.1, -0.05) is 23.7 Å². The lowest BCUT2D eigenvalue weighted by atomic mass is 10.1. The minimum absolute atomic E-state index is 0.0557. The van der Waals surface area contributed by atoms with Gasteiger partial charge in [0.05, 0.1) is 21.6 Å². The highest BCUT2D eigenvalue weighted by Gasteiger charge is 2.15. The Balaban J connectivity index is 1.61. The number of halogens is 1. The van der Waals surface area contributed by atoms with Gasteiger partial charge in [0.25, 0.3) is 5.56 Å². The van der Waals surface area contributed by atoms with Gasteiger partial charge >= 0.3 is 6.03 Å². The molecule has 7 heteroatoms. The van der Waals surface area contributed by atoms with E-state index in [1.54, 1.807) is 47.0 Å². The fraction of sp³-hybridized carbons (Fsp3) is 0.211. The molecule has 0 saturated heterocycles. The summed E-state index contributed by atoms with van der Waals surface area (Å²) in [6.07, 6.45) is 2.86. The first kappa shape index (κ1) is 16.6. The number of hydrogen-bond donors (Lipinski definition) is 2. The molecule has 26 heavy (non-hydrogen) atoms. The zero-order valence-electron chi connectivity index (χ0n) is 14.0. The first-order valence-electron chi connectivity index (χ1n) is 8.48. The molecule has 0 saturated carbocycles. The fourth-order valence-electron chi connectivity index (χ4n) is 3.17. The van der Waals surface area contributed by atoms with E-state index in [-0.39, 0.29) is 5.56 Å². The molecule has 132 valence electrons. The molecule has 2 N–H and O–H groups in total. The van der Waals surface area contributed by atoms with Gasteiger partial charge in [0.2, 0.25) is 0 Å². The van der Waals surface area contributed by atoms with E-state index >= 15 is 0 Å². The average Bonchev–Trinajstić information content (AvgIpc) is 2.64. The standard InChI is InChI=1S/C19H17ClN4O2/c20-14-5-1-2-6-16(14)23-19(26)21-12-8-9-15-13(11-12)18(25)24-10-4-3-7-17(24)22-15/h1-2,5-6,8-9,11H,3-4,7,10H2,(H2,21,23,26). The van der Waals surface area contributed by atoms with Gasteiger partial charge in [0.1, 0.15) is 5.82 Å². The highest BCUT2D eigenvalue weighted by Crippen LogP contribution is 2.22. The summed E-state index contributed by atoms with van der Waals surface area (Å²) < 4.78 is 1.74. The van der Waals surface area contributed by atoms with Gasteiger partial charge in [0, 0.05) is 18.7 Å². The maximum Gasteiger partial charge on any atom is 0.323 e. The van der Waals surface area contributed by atoms with Crippen LogP contribution in [0.4, 0.5) is 16.2 Å². The lowest BCUT2D eigenvalue weighted by Gasteiger charge is -2.18. The summed E-state index contributed by atoms with van der Waals surface area (Å²) in [5.41, 5.74) is 1.64. The highest BCUT2D eigenvalue weighted by atomic mass is 35.5. The highest BCUT2D eigenvalue weighted by molar-refractivity contribution is 6.33. The zero-order valence-corrected chi connectivity index (χ0v) is 14.7. The normalized spacial score (nSPS) is 13.3. The molecule has 0 atom stereocenters. The largest absolute Gasteiger partial charge is 0.323 e. The summed E-state index contributed by atoms with van der Waals surface area (Å²) in [4.78, 5) is 29.5. The van der Waals surface area contributed by atoms with Crippen LogP contribution in [0.5, 0.6) is 0 Å². The zero-order chi connectivity index (χ0) is 18.1. The Labute approximate surface area is 154 Å². The van der Waals surface area contributed by atoms with Crippen molar-refractivity contribution in [3.05, 3.63) is 63.7 Å². The van der Waals surface area contributed by atoms with Crippen molar-refractivity contribution >= 4 is 39.9 Å². The number of para-hydroxylation sites is 1. The second kappa shape index (κ2) is 6.80. The predicted octanol–water partition coefficient (Wildman–Crippen LogP) is 4.03. The maximum atomic E-state index is 12.7. The first-order chi connectivity index (χ1) is 12.6. The van der Waals surface area contributed by atoms with E-state index in [0.717, 1.165) is 25.1 Å². The number of rotatable bonds is 2. The van der Waals surface area contributed by atoms with Crippen molar-refractivity contribution in [1.82, 2.24) is 9.55 Å². The third-order valence-electron chi connectivity index (χ3n) is 4.45. The van der Waals surface area contributed by atoms with Crippen molar-refractivity contribution in [2.45, 2.75) is 25.8 Å². The van der Waals surface area contributed by atoms with Gasteiger partial charge in [-0.15, -0.1) is 0 Å². The monoisotopic (exact) mass is 368 g/mol. The van der Waals surface area contributed by atoms with Gasteiger partial charge in [0.15, 0.2) is 0 Å². The molecule has 0 fully saturated rings. The van der Waals surface area contributed by atoms with Crippen molar-refractivity contribution in [3.8, 4) is 0 Å². The molecule has 0 aliphatic carbocycles. The minimum atomic E-state index is -0.427. The summed E-state index contributed by atoms with van der Waals surface area (Å²) in [6, 6.07) is 11.7. The second-order valence-electron chi connectivity index (χ2n) is 6.23. The molecule has 6 nitrogen and oxygen atoms in total. The number of urea groups is 1. The van der Waals surface area contributed by atoms with Crippen LogP contribution in [0, 0.1) is 0 Å². The van der Waals surface area contributed by atoms with Gasteiger partial charge in [-0.25, -0.2) is 9.78 Å². The molecule has 4 rings (SSSR count). The molecule has 1 aliphatic rings. The predicted molar refractivity (Wildman–Crippen MR) is 103 cm³/mol. The van der Waals surface area contributed by atoms with Crippen molar-refractivity contribution in [3.63, 3.8) is 0 Å². The van der Waals surface area contributed by atoms with E-state index in [9.17, 15) is 9.59 Å². The third-order valence-corrected chi connectivity index (χ3v) is 4.77. The van der Waals surface area contributed by atoms with Crippen LogP contribution in [-0.4, -0.2) is 15.6 Å². The number of hydrogen-bond acceptors (Lipinski definition) is 3. The van der Waals surface area contributed by atoms with Crippen LogP contribution in [0.25, 0.3) is 10.9 Å². The second-order valence-corrected chi connectivity index (χ2v) is 6.64. The van der Waals surface area contributed by atoms with E-state index in [2.05, 4.69) is 15.6 Å². The molecule has 3 aromatic rings. The molecule has 1 aliphatic heterocycles. The quantitative estimate of drug-likeness (QED) is 0.717. The van der Waals surface area contributed by atoms with E-state index in [1.165, 1.54) is 0 Å². The molecule has 2 heterocycles. The Morgan fingerprint density at radius 2 is 1.96 bits per heavy atom. The molecule has 0 spiro atoms. The minimum Gasteiger partial charge on any atom is -0.308 e. The lowest BCUT2D eigenvalue weighted by molar-refractivity contribution is 0.262. The van der Waals surface area contributed by atoms with Crippen LogP contribution in [0.15, 0.2) is 47.3 Å². The average molecular weight is 369 g/mol. The molecular weight excluding hydrogens is 352 g/mol. The number of anilines is 2. The Morgan fingerprint density at radius 1 is 1.12 bits per heavy atom. The van der Waals surface area contributed by atoms with Gasteiger partial charge in [-0.05, 0) is 43.2 Å². The summed E-state index contributed by atoms with van der Waals surface area (Å²) in [5, 5.41) is 6.38. The van der Waals surface area contributed by atoms with Gasteiger partial charge < -0.3 is 10.6 Å². The number of aromatic nitrogens is 2. The first-order valence-corrected chi connectivity index (χ1v) is 8.85. The number of nitrogens with one attached hydrogen (secondary N) is 2. The van der Waals surface area contributed by atoms with Crippen LogP contribution in [0.3, 0.4) is 0 Å². The van der Waals surface area contributed by atoms with E-state index in [1.807, 2.05) is 0 Å². The smallest absolute Gasteiger partial charge is 0.308 e. The van der Waals surface area contributed by atoms with Crippen LogP contribution in [-0.2, 0) is 13.0 Å². The Morgan fingerprint density at radius 3 is 2.81 bits per heavy atom. The Hall–Kier alpha value is -2.86. The number of carbonyl (C=O) groups excluding carboxylic acids is 1. The van der Waals surface area contributed by atoms with Crippen molar-refractivity contribution in [1.29, 1.82) is 0 Å². The molecule has 0 radical (unpaired) electrons. The Bertz CT molecular complexity index is 1060. The van der Waals surface area contributed by atoms with E-state index < -0.39 is 6.03 Å². The van der Waals surface area contributed by atoms with Crippen LogP contribution < -0.4 is 16.2 Å². The van der Waals surface area contributed by atoms with Gasteiger partial charge in [-0.3, -0.25) is 9.36 Å². The lowest BCUT2D eigenvalue weighted by Crippen LogP contribution is -2.28. The van der Waals surface area contributed by atoms with Gasteiger partial charge in [-0.2, -0.15) is 0 Å². The molecule has 2 amide bonds. The summed E-state index contributed by atoms with van der Waals surface area (Å²) in [6.45, 7) is 0.696. The van der Waals surface area contributed by atoms with Crippen LogP contribution >= 0.6 is 11.6 Å². The van der Waals surface area contributed by atoms with Crippen molar-refractivity contribution < 1.29 is 4.79 Å². The summed E-state index contributed by atoms with van der Waals surface area (Å²) >= 11 is 6.04. The fourth-order valence-corrected chi connectivity index (χ4v) is 3.35. The number of benzene rings is 2. The third kappa shape index (κ3) is 3.15. The maximum absolute atomic E-state index is 12.7. The van der Waals surface area contributed by atoms with Crippen LogP contribution in [0.1, 0.15) is 18.7 Å². The van der Waals surface area contributed by atoms with Crippen LogP contribution in [0.2, 0.25) is 5.02 Å². The molecule has 0 bridgehead atoms. The topological polar surface area (TPSA) is 76.0 Å². The van der Waals surface area contributed by atoms with E-state index in [0.29, 0.717) is 33.8 Å². The van der Waals surface area contributed by atoms with Crippen molar-refractivity contribution in [2.24, 2.45) is 0 Å². The number of aryl methyl sites for hydroxylation is 1. The Kier molecular flexibility index (Phi) is 4.34. The molecule has 0 unspecified atom stereocenters. The molecule has 2 aromatic carbocycles. The summed E-state index contributed by atoms with van der Waals surface area (Å²) in [5.74, 6) is 0.839. The molecular formula is C19H17ClN4O2. The van der Waals surface area contributed by atoms with Crippen molar-refractivity contribution in [2.75, 3.05) is 10.6 Å². The number of carbonyl (C=O) groups is 1. The number of fused-ring (bicyclic) bond motifs is 2. The molecule has 1 aromatic heterocycles. The summed E-state index contributed by atoms with van der Waals surface area (Å²) in [7, 11) is 0. The number of amides is 2. The number of nitrogens with zero attached hydrogens (tertiary/aromatic N) is 2. The SMILES string of the molecule is O=C(Nc1ccc2nc3n(c(=O)c2c1)CCCC3)Nc1ccccc1Cl. The van der Waals surface area contributed by atoms with E-state index in [4.69, 9.17) is 11.6 Å².